The van der Waals surface area contributed by atoms with Crippen molar-refractivity contribution in [2.75, 3.05) is 0 Å². The monoisotopic (exact) mass is 155 g/mol. The van der Waals surface area contributed by atoms with Gasteiger partial charge in [-0.3, -0.25) is 0 Å². The van der Waals surface area contributed by atoms with E-state index in [-0.39, 0.29) is 0 Å². The second-order valence-electron chi connectivity index (χ2n) is 3.31. The van der Waals surface area contributed by atoms with Crippen LogP contribution >= 0.6 is 0 Å². The zero-order chi connectivity index (χ0) is 8.85. The van der Waals surface area contributed by atoms with Crippen LogP contribution in [-0.2, 0) is 0 Å². The zero-order valence-electron chi connectivity index (χ0n) is 8.06. The molecule has 0 saturated heterocycles. The lowest BCUT2D eigenvalue weighted by molar-refractivity contribution is 0.438. The van der Waals surface area contributed by atoms with Gasteiger partial charge in [0.1, 0.15) is 0 Å². The van der Waals surface area contributed by atoms with Gasteiger partial charge in [0.2, 0.25) is 0 Å². The lowest BCUT2D eigenvalue weighted by Crippen LogP contribution is -2.29. The maximum Gasteiger partial charge on any atom is 0.0104 e. The van der Waals surface area contributed by atoms with Crippen LogP contribution in [0.2, 0.25) is 0 Å². The quantitative estimate of drug-likeness (QED) is 0.607. The summed E-state index contributed by atoms with van der Waals surface area (Å²) in [7, 11) is 0. The van der Waals surface area contributed by atoms with Gasteiger partial charge in [-0.1, -0.05) is 32.4 Å². The first kappa shape index (κ1) is 10.7. The Hall–Kier alpha value is -0.300. The van der Waals surface area contributed by atoms with E-state index in [1.807, 2.05) is 0 Å². The van der Waals surface area contributed by atoms with Gasteiger partial charge in [-0.2, -0.15) is 0 Å². The zero-order valence-corrected chi connectivity index (χ0v) is 8.06. The van der Waals surface area contributed by atoms with Crippen molar-refractivity contribution in [3.63, 3.8) is 0 Å². The molecule has 0 aromatic heterocycles. The van der Waals surface area contributed by atoms with Crippen LogP contribution in [-0.4, -0.2) is 6.04 Å². The summed E-state index contributed by atoms with van der Waals surface area (Å²) in [5, 5.41) is 0. The Labute approximate surface area is 70.7 Å². The third kappa shape index (κ3) is 3.57. The molecule has 0 bridgehead atoms. The van der Waals surface area contributed by atoms with Crippen LogP contribution in [0.5, 0.6) is 0 Å². The van der Waals surface area contributed by atoms with Crippen molar-refractivity contribution in [1.29, 1.82) is 0 Å². The molecule has 1 nitrogen and oxygen atoms in total. The predicted octanol–water partition coefficient (Wildman–Crippen LogP) is 2.72. The first-order valence-corrected chi connectivity index (χ1v) is 4.54. The largest absolute Gasteiger partial charge is 0.327 e. The van der Waals surface area contributed by atoms with Crippen molar-refractivity contribution < 1.29 is 0 Å². The summed E-state index contributed by atoms with van der Waals surface area (Å²) in [5.74, 6) is 0.523. The summed E-state index contributed by atoms with van der Waals surface area (Å²) in [4.78, 5) is 0. The Morgan fingerprint density at radius 2 is 2.00 bits per heavy atom. The van der Waals surface area contributed by atoms with Crippen molar-refractivity contribution in [2.45, 2.75) is 46.1 Å². The molecule has 0 rings (SSSR count). The van der Waals surface area contributed by atoms with Gasteiger partial charge in [0.25, 0.3) is 0 Å². The van der Waals surface area contributed by atoms with Crippen LogP contribution in [0.25, 0.3) is 0 Å². The second-order valence-corrected chi connectivity index (χ2v) is 3.31. The Balaban J connectivity index is 3.91. The van der Waals surface area contributed by atoms with E-state index in [2.05, 4.69) is 27.4 Å². The standard InChI is InChI=1S/C10H21N/c1-5-7-10(11)9(6-2)8(3)4/h9-10H,3,5-7,11H2,1-2,4H3/t9-,10-/m1/s1. The molecule has 0 aliphatic carbocycles. The normalized spacial score (nSPS) is 16.0. The summed E-state index contributed by atoms with van der Waals surface area (Å²) in [6, 6.07) is 0.322. The van der Waals surface area contributed by atoms with Crippen LogP contribution in [0, 0.1) is 5.92 Å². The molecule has 0 aromatic carbocycles. The lowest BCUT2D eigenvalue weighted by Gasteiger charge is -2.22. The van der Waals surface area contributed by atoms with E-state index in [1.165, 1.54) is 12.0 Å². The first-order valence-electron chi connectivity index (χ1n) is 4.54. The van der Waals surface area contributed by atoms with E-state index in [4.69, 9.17) is 5.73 Å². The first-order chi connectivity index (χ1) is 5.13. The van der Waals surface area contributed by atoms with Crippen LogP contribution in [0.3, 0.4) is 0 Å². The molecular formula is C10H21N. The van der Waals surface area contributed by atoms with E-state index in [0.717, 1.165) is 12.8 Å². The molecule has 66 valence electrons. The second kappa shape index (κ2) is 5.36. The molecule has 1 heteroatoms. The molecule has 0 aromatic rings. The third-order valence-electron chi connectivity index (χ3n) is 2.21. The van der Waals surface area contributed by atoms with Crippen molar-refractivity contribution in [3.8, 4) is 0 Å². The highest BCUT2D eigenvalue weighted by molar-refractivity contribution is 4.99. The fourth-order valence-electron chi connectivity index (χ4n) is 1.55. The average Bonchev–Trinajstić information content (AvgIpc) is 1.88. The maximum absolute atomic E-state index is 5.98. The number of hydrogen-bond donors (Lipinski definition) is 1. The van der Waals surface area contributed by atoms with Crippen molar-refractivity contribution >= 4 is 0 Å². The molecule has 0 amide bonds. The number of hydrogen-bond acceptors (Lipinski definition) is 1. The Morgan fingerprint density at radius 1 is 1.45 bits per heavy atom. The summed E-state index contributed by atoms with van der Waals surface area (Å²) < 4.78 is 0. The number of rotatable bonds is 5. The highest BCUT2D eigenvalue weighted by Gasteiger charge is 2.14. The van der Waals surface area contributed by atoms with Crippen molar-refractivity contribution in [3.05, 3.63) is 12.2 Å². The summed E-state index contributed by atoms with van der Waals surface area (Å²) in [6.45, 7) is 10.4. The fourth-order valence-corrected chi connectivity index (χ4v) is 1.55. The Morgan fingerprint density at radius 3 is 2.27 bits per heavy atom. The topological polar surface area (TPSA) is 26.0 Å². The molecule has 2 N–H and O–H groups in total. The average molecular weight is 155 g/mol. The van der Waals surface area contributed by atoms with Gasteiger partial charge in [-0.15, -0.1) is 0 Å². The molecule has 0 spiro atoms. The summed E-state index contributed by atoms with van der Waals surface area (Å²) in [5.41, 5.74) is 7.21. The van der Waals surface area contributed by atoms with Crippen LogP contribution < -0.4 is 5.73 Å². The molecule has 0 heterocycles. The maximum atomic E-state index is 5.98. The number of nitrogens with two attached hydrogens (primary N) is 1. The van der Waals surface area contributed by atoms with Crippen LogP contribution in [0.1, 0.15) is 40.0 Å². The van der Waals surface area contributed by atoms with Gasteiger partial charge in [0.05, 0.1) is 0 Å². The SMILES string of the molecule is C=C(C)[C@@H](CC)[C@H](N)CCC. The Bertz CT molecular complexity index is 118. The summed E-state index contributed by atoms with van der Waals surface area (Å²) in [6.07, 6.45) is 3.41. The Kier molecular flexibility index (Phi) is 5.22. The summed E-state index contributed by atoms with van der Waals surface area (Å²) >= 11 is 0. The van der Waals surface area contributed by atoms with E-state index >= 15 is 0 Å². The van der Waals surface area contributed by atoms with E-state index in [9.17, 15) is 0 Å². The minimum Gasteiger partial charge on any atom is -0.327 e. The van der Waals surface area contributed by atoms with Crippen LogP contribution in [0.4, 0.5) is 0 Å². The van der Waals surface area contributed by atoms with E-state index in [1.54, 1.807) is 0 Å². The lowest BCUT2D eigenvalue weighted by atomic mass is 9.89. The van der Waals surface area contributed by atoms with E-state index < -0.39 is 0 Å². The van der Waals surface area contributed by atoms with Crippen molar-refractivity contribution in [1.82, 2.24) is 0 Å². The molecule has 0 fully saturated rings. The smallest absolute Gasteiger partial charge is 0.0104 e. The molecule has 0 aliphatic heterocycles. The molecular weight excluding hydrogens is 134 g/mol. The molecule has 0 aliphatic rings. The third-order valence-corrected chi connectivity index (χ3v) is 2.21. The van der Waals surface area contributed by atoms with Gasteiger partial charge >= 0.3 is 0 Å². The predicted molar refractivity (Wildman–Crippen MR) is 51.5 cm³/mol. The molecule has 0 radical (unpaired) electrons. The van der Waals surface area contributed by atoms with Gasteiger partial charge in [-0.05, 0) is 25.7 Å². The van der Waals surface area contributed by atoms with Gasteiger partial charge in [0.15, 0.2) is 0 Å². The molecule has 0 saturated carbocycles. The minimum atomic E-state index is 0.322. The molecule has 11 heavy (non-hydrogen) atoms. The van der Waals surface area contributed by atoms with E-state index in [0.29, 0.717) is 12.0 Å². The molecule has 2 atom stereocenters. The minimum absolute atomic E-state index is 0.322. The van der Waals surface area contributed by atoms with Gasteiger partial charge in [0, 0.05) is 6.04 Å². The fraction of sp³-hybridized carbons (Fsp3) is 0.800. The highest BCUT2D eigenvalue weighted by Crippen LogP contribution is 2.18. The van der Waals surface area contributed by atoms with Gasteiger partial charge in [-0.25, -0.2) is 0 Å². The van der Waals surface area contributed by atoms with Gasteiger partial charge < -0.3 is 5.73 Å². The van der Waals surface area contributed by atoms with Crippen LogP contribution in [0.15, 0.2) is 12.2 Å². The van der Waals surface area contributed by atoms with Crippen molar-refractivity contribution in [2.24, 2.45) is 11.7 Å². The molecule has 0 unspecified atom stereocenters. The highest BCUT2D eigenvalue weighted by atomic mass is 14.6.